The van der Waals surface area contributed by atoms with Gasteiger partial charge in [0.1, 0.15) is 0 Å². The van der Waals surface area contributed by atoms with Crippen LogP contribution in [0.4, 0.5) is 0 Å². The van der Waals surface area contributed by atoms with Crippen molar-refractivity contribution >= 4 is 4.40 Å². The van der Waals surface area contributed by atoms with Crippen LogP contribution in [0.3, 0.4) is 0 Å². The molecule has 0 aromatic heterocycles. The predicted molar refractivity (Wildman–Crippen MR) is 30.9 cm³/mol. The summed E-state index contributed by atoms with van der Waals surface area (Å²) in [6.07, 6.45) is 2.60. The third-order valence-corrected chi connectivity index (χ3v) is 0.924. The fraction of sp³-hybridized carbons (Fsp3) is 0.500. The number of rotatable bonds is 2. The molecule has 0 aromatic carbocycles. The molecular formula is C6H11W-. The number of hydrogen-bond acceptors (Lipinski definition) is 0. The number of hydrogen-bond donors (Lipinski definition) is 0. The maximum absolute atomic E-state index is 5.00. The van der Waals surface area contributed by atoms with Crippen LogP contribution in [-0.4, -0.2) is 4.40 Å². The molecule has 0 atom stereocenters. The first-order valence-corrected chi connectivity index (χ1v) is 4.08. The topological polar surface area (TPSA) is 0 Å². The van der Waals surface area contributed by atoms with Crippen LogP contribution in [-0.2, 0) is 19.4 Å². The maximum atomic E-state index is 5.00. The van der Waals surface area contributed by atoms with Gasteiger partial charge < -0.3 is 0 Å². The van der Waals surface area contributed by atoms with Crippen molar-refractivity contribution in [3.8, 4) is 0 Å². The minimum atomic E-state index is 0.954. The molecule has 0 heterocycles. The van der Waals surface area contributed by atoms with E-state index in [1.54, 1.807) is 6.08 Å². The van der Waals surface area contributed by atoms with E-state index in [0.717, 1.165) is 6.42 Å². The van der Waals surface area contributed by atoms with Gasteiger partial charge in [0, 0.05) is 0 Å². The van der Waals surface area contributed by atoms with Crippen molar-refractivity contribution in [1.29, 1.82) is 0 Å². The summed E-state index contributed by atoms with van der Waals surface area (Å²) < 4.78 is 2.08. The van der Waals surface area contributed by atoms with Gasteiger partial charge >= 0.3 is 42.8 Å². The standard InChI is InChI=1S/C4H5.C2H6.W/c1-3-4-2;1-2;/h1-3H,4H2;1-2H3;/q-1;;. The van der Waals surface area contributed by atoms with Gasteiger partial charge in [0.25, 0.3) is 0 Å². The van der Waals surface area contributed by atoms with Gasteiger partial charge in [0.15, 0.2) is 0 Å². The molecule has 0 aliphatic heterocycles. The molecule has 0 spiro atoms. The average Bonchev–Trinajstić information content (AvgIpc) is 1.75. The summed E-state index contributed by atoms with van der Waals surface area (Å²) in [7, 11) is 0. The molecule has 0 N–H and O–H groups in total. The van der Waals surface area contributed by atoms with Crippen LogP contribution in [0.5, 0.6) is 0 Å². The first kappa shape index (κ1) is 10.3. The molecule has 0 radical (unpaired) electrons. The molecular weight excluding hydrogens is 256 g/mol. The summed E-state index contributed by atoms with van der Waals surface area (Å²) in [5.74, 6) is 0. The van der Waals surface area contributed by atoms with Gasteiger partial charge in [-0.3, -0.25) is 0 Å². The summed E-state index contributed by atoms with van der Waals surface area (Å²) >= 11 is 1.49. The molecule has 0 amide bonds. The van der Waals surface area contributed by atoms with Crippen LogP contribution < -0.4 is 0 Å². The molecule has 0 bridgehead atoms. The van der Waals surface area contributed by atoms with Crippen LogP contribution in [0.15, 0.2) is 6.08 Å². The first-order chi connectivity index (χ1) is 3.41. The van der Waals surface area contributed by atoms with E-state index in [4.69, 9.17) is 6.58 Å². The second-order valence-electron chi connectivity index (χ2n) is 0.638. The molecule has 0 aliphatic rings. The summed E-state index contributed by atoms with van der Waals surface area (Å²) in [6, 6.07) is 0. The molecule has 0 saturated carbocycles. The first-order valence-electron chi connectivity index (χ1n) is 2.39. The van der Waals surface area contributed by atoms with Gasteiger partial charge in [-0.15, -0.1) is 0 Å². The van der Waals surface area contributed by atoms with Crippen LogP contribution in [0.25, 0.3) is 0 Å². The van der Waals surface area contributed by atoms with E-state index in [0.29, 0.717) is 0 Å². The van der Waals surface area contributed by atoms with E-state index in [2.05, 4.69) is 4.40 Å². The van der Waals surface area contributed by atoms with E-state index < -0.39 is 0 Å². The molecule has 0 aliphatic carbocycles. The van der Waals surface area contributed by atoms with E-state index in [1.807, 2.05) is 13.8 Å². The van der Waals surface area contributed by atoms with Crippen molar-refractivity contribution in [2.45, 2.75) is 20.3 Å². The molecule has 0 nitrogen and oxygen atoms in total. The van der Waals surface area contributed by atoms with Crippen LogP contribution in [0.2, 0.25) is 0 Å². The van der Waals surface area contributed by atoms with Gasteiger partial charge in [-0.1, -0.05) is 13.8 Å². The molecule has 0 rings (SSSR count). The quantitative estimate of drug-likeness (QED) is 0.668. The summed E-state index contributed by atoms with van der Waals surface area (Å²) in [5.41, 5.74) is 0. The van der Waals surface area contributed by atoms with Crippen LogP contribution in [0, 0.1) is 6.58 Å². The zero-order valence-corrected chi connectivity index (χ0v) is 7.78. The Hall–Kier alpha value is 0.298. The zero-order chi connectivity index (χ0) is 6.12. The Bertz CT molecular complexity index is 33.4. The normalized spacial score (nSPS) is 5.43. The van der Waals surface area contributed by atoms with Crippen molar-refractivity contribution in [3.05, 3.63) is 12.7 Å². The molecule has 0 aromatic rings. The molecule has 1 heteroatoms. The van der Waals surface area contributed by atoms with Crippen molar-refractivity contribution in [2.75, 3.05) is 0 Å². The SMILES string of the molecule is CC.[CH-]=CC[CH]=[W]. The fourth-order valence-electron chi connectivity index (χ4n) is 0.0556. The third-order valence-electron chi connectivity index (χ3n) is 0.232. The molecule has 42 valence electrons. The van der Waals surface area contributed by atoms with E-state index in [-0.39, 0.29) is 0 Å². The molecule has 7 heavy (non-hydrogen) atoms. The minimum absolute atomic E-state index is 0.954. The molecule has 0 saturated heterocycles. The summed E-state index contributed by atoms with van der Waals surface area (Å²) in [5, 5.41) is 0. The molecule has 0 fully saturated rings. The summed E-state index contributed by atoms with van der Waals surface area (Å²) in [6.45, 7) is 9.00. The Kier molecular flexibility index (Phi) is 23.9. The Morgan fingerprint density at radius 3 is 2.00 bits per heavy atom. The monoisotopic (exact) mass is 267 g/mol. The van der Waals surface area contributed by atoms with Gasteiger partial charge in [-0.05, 0) is 0 Å². The van der Waals surface area contributed by atoms with Crippen molar-refractivity contribution in [1.82, 2.24) is 0 Å². The summed E-state index contributed by atoms with van der Waals surface area (Å²) in [4.78, 5) is 0. The van der Waals surface area contributed by atoms with Crippen molar-refractivity contribution in [2.24, 2.45) is 0 Å². The van der Waals surface area contributed by atoms with E-state index in [9.17, 15) is 0 Å². The zero-order valence-electron chi connectivity index (χ0n) is 4.85. The van der Waals surface area contributed by atoms with Gasteiger partial charge in [0.05, 0.1) is 0 Å². The molecule has 0 unspecified atom stereocenters. The Balaban J connectivity index is 0. The van der Waals surface area contributed by atoms with Gasteiger partial charge in [-0.2, -0.15) is 0 Å². The Morgan fingerprint density at radius 1 is 1.57 bits per heavy atom. The van der Waals surface area contributed by atoms with Crippen molar-refractivity contribution in [3.63, 3.8) is 0 Å². The van der Waals surface area contributed by atoms with E-state index >= 15 is 0 Å². The van der Waals surface area contributed by atoms with Gasteiger partial charge in [-0.25, -0.2) is 0 Å². The predicted octanol–water partition coefficient (Wildman–Crippen LogP) is 1.74. The van der Waals surface area contributed by atoms with Crippen LogP contribution >= 0.6 is 0 Å². The second-order valence-corrected chi connectivity index (χ2v) is 1.84. The average molecular weight is 267 g/mol. The fourth-order valence-corrected chi connectivity index (χ4v) is 0.455. The van der Waals surface area contributed by atoms with E-state index in [1.165, 1.54) is 19.4 Å². The number of allylic oxidation sites excluding steroid dienone is 1. The van der Waals surface area contributed by atoms with Crippen LogP contribution in [0.1, 0.15) is 20.3 Å². The third kappa shape index (κ3) is 22.0. The Morgan fingerprint density at radius 2 is 2.00 bits per heavy atom. The van der Waals surface area contributed by atoms with Crippen molar-refractivity contribution < 1.29 is 19.4 Å². The van der Waals surface area contributed by atoms with Gasteiger partial charge in [0.2, 0.25) is 0 Å². The Labute approximate surface area is 57.0 Å². The second kappa shape index (κ2) is 16.3.